The van der Waals surface area contributed by atoms with E-state index in [2.05, 4.69) is 10.3 Å². The number of hydrogen-bond donors (Lipinski definition) is 2. The lowest BCUT2D eigenvalue weighted by molar-refractivity contribution is 0.0839. The summed E-state index contributed by atoms with van der Waals surface area (Å²) in [5, 5.41) is 12.4. The summed E-state index contributed by atoms with van der Waals surface area (Å²) in [6.07, 6.45) is 6.19. The molecule has 0 spiro atoms. The minimum atomic E-state index is -0.258. The van der Waals surface area contributed by atoms with Crippen molar-refractivity contribution in [1.29, 1.82) is 0 Å². The van der Waals surface area contributed by atoms with Crippen molar-refractivity contribution >= 4 is 5.91 Å². The molecule has 2 N–H and O–H groups in total. The van der Waals surface area contributed by atoms with Gasteiger partial charge in [0.05, 0.1) is 30.0 Å². The van der Waals surface area contributed by atoms with E-state index in [4.69, 9.17) is 4.74 Å². The highest BCUT2D eigenvalue weighted by atomic mass is 16.5. The molecule has 2 aliphatic rings. The number of rotatable bonds is 2. The molecule has 1 amide bonds. The van der Waals surface area contributed by atoms with E-state index in [0.29, 0.717) is 6.10 Å². The summed E-state index contributed by atoms with van der Waals surface area (Å²) < 4.78 is 5.66. The van der Waals surface area contributed by atoms with Crippen molar-refractivity contribution < 1.29 is 14.6 Å². The van der Waals surface area contributed by atoms with Gasteiger partial charge in [0.1, 0.15) is 5.75 Å². The first-order valence-corrected chi connectivity index (χ1v) is 5.83. The van der Waals surface area contributed by atoms with Gasteiger partial charge >= 0.3 is 0 Å². The van der Waals surface area contributed by atoms with E-state index in [1.54, 1.807) is 0 Å². The van der Waals surface area contributed by atoms with Crippen LogP contribution in [-0.2, 0) is 4.74 Å². The van der Waals surface area contributed by atoms with Crippen LogP contribution in [0.2, 0.25) is 0 Å². The fourth-order valence-corrected chi connectivity index (χ4v) is 2.61. The number of hydrogen-bond acceptors (Lipinski definition) is 4. The van der Waals surface area contributed by atoms with Crippen molar-refractivity contribution in [2.45, 2.75) is 37.5 Å². The molecule has 1 aromatic heterocycles. The van der Waals surface area contributed by atoms with E-state index >= 15 is 0 Å². The molecular formula is C12H14N2O3. The van der Waals surface area contributed by atoms with E-state index in [1.807, 2.05) is 0 Å². The standard InChI is InChI=1S/C12H14N2O3/c15-10-6-13-4-3-8(10)12(16)14-9-5-7-1-2-11(9)17-7/h3-4,6-7,9,11,15H,1-2,5H2,(H,14,16). The third-order valence-electron chi connectivity index (χ3n) is 3.47. The Morgan fingerprint density at radius 3 is 3.06 bits per heavy atom. The van der Waals surface area contributed by atoms with Gasteiger partial charge in [-0.1, -0.05) is 0 Å². The molecule has 2 saturated heterocycles. The van der Waals surface area contributed by atoms with Crippen LogP contribution in [0.25, 0.3) is 0 Å². The lowest BCUT2D eigenvalue weighted by atomic mass is 9.95. The zero-order valence-corrected chi connectivity index (χ0v) is 9.30. The van der Waals surface area contributed by atoms with Gasteiger partial charge in [0.2, 0.25) is 0 Å². The fourth-order valence-electron chi connectivity index (χ4n) is 2.61. The highest BCUT2D eigenvalue weighted by molar-refractivity contribution is 5.96. The minimum absolute atomic E-state index is 0.0776. The average Bonchev–Trinajstić information content (AvgIpc) is 2.91. The number of aromatic hydroxyl groups is 1. The van der Waals surface area contributed by atoms with Crippen LogP contribution in [0.4, 0.5) is 0 Å². The lowest BCUT2D eigenvalue weighted by Gasteiger charge is -2.20. The number of nitrogens with one attached hydrogen (secondary N) is 1. The second-order valence-electron chi connectivity index (χ2n) is 4.58. The predicted octanol–water partition coefficient (Wildman–Crippen LogP) is 0.837. The van der Waals surface area contributed by atoms with Crippen molar-refractivity contribution in [3.63, 3.8) is 0 Å². The Morgan fingerprint density at radius 1 is 1.53 bits per heavy atom. The van der Waals surface area contributed by atoms with Gasteiger partial charge in [0.25, 0.3) is 5.91 Å². The molecule has 5 nitrogen and oxygen atoms in total. The SMILES string of the molecule is O=C(NC1CC2CCC1O2)c1ccncc1O. The number of carbonyl (C=O) groups excluding carboxylic acids is 1. The molecule has 3 heterocycles. The van der Waals surface area contributed by atoms with Gasteiger partial charge in [0, 0.05) is 6.20 Å². The summed E-state index contributed by atoms with van der Waals surface area (Å²) in [4.78, 5) is 15.7. The number of amides is 1. The molecule has 0 aromatic carbocycles. The first-order valence-electron chi connectivity index (χ1n) is 5.83. The maximum absolute atomic E-state index is 11.9. The molecule has 3 rings (SSSR count). The van der Waals surface area contributed by atoms with E-state index in [-0.39, 0.29) is 29.4 Å². The van der Waals surface area contributed by atoms with Crippen LogP contribution in [0.15, 0.2) is 18.5 Å². The number of nitrogens with zero attached hydrogens (tertiary/aromatic N) is 1. The summed E-state index contributed by atoms with van der Waals surface area (Å²) >= 11 is 0. The lowest BCUT2D eigenvalue weighted by Crippen LogP contribution is -2.41. The van der Waals surface area contributed by atoms with Crippen LogP contribution < -0.4 is 5.32 Å². The van der Waals surface area contributed by atoms with Gasteiger partial charge in [-0.05, 0) is 25.3 Å². The first kappa shape index (κ1) is 10.5. The van der Waals surface area contributed by atoms with Gasteiger partial charge < -0.3 is 15.2 Å². The van der Waals surface area contributed by atoms with Crippen LogP contribution in [0.5, 0.6) is 5.75 Å². The van der Waals surface area contributed by atoms with E-state index in [1.165, 1.54) is 18.5 Å². The Morgan fingerprint density at radius 2 is 2.41 bits per heavy atom. The smallest absolute Gasteiger partial charge is 0.255 e. The third-order valence-corrected chi connectivity index (χ3v) is 3.47. The van der Waals surface area contributed by atoms with Crippen LogP contribution in [-0.4, -0.2) is 34.2 Å². The molecule has 5 heteroatoms. The molecular weight excluding hydrogens is 220 g/mol. The second-order valence-corrected chi connectivity index (χ2v) is 4.58. The van der Waals surface area contributed by atoms with Crippen LogP contribution in [0.1, 0.15) is 29.6 Å². The Hall–Kier alpha value is -1.62. The van der Waals surface area contributed by atoms with Gasteiger partial charge in [0.15, 0.2) is 0 Å². The Balaban J connectivity index is 1.70. The molecule has 90 valence electrons. The summed E-state index contributed by atoms with van der Waals surface area (Å²) in [6, 6.07) is 1.59. The molecule has 2 fully saturated rings. The maximum Gasteiger partial charge on any atom is 0.255 e. The Kier molecular flexibility index (Phi) is 2.48. The average molecular weight is 234 g/mol. The number of ether oxygens (including phenoxy) is 1. The van der Waals surface area contributed by atoms with Gasteiger partial charge in [-0.15, -0.1) is 0 Å². The van der Waals surface area contributed by atoms with Crippen LogP contribution in [0, 0.1) is 0 Å². The molecule has 3 unspecified atom stereocenters. The van der Waals surface area contributed by atoms with Crippen molar-refractivity contribution in [3.8, 4) is 5.75 Å². The zero-order valence-electron chi connectivity index (χ0n) is 9.30. The first-order chi connectivity index (χ1) is 8.24. The summed E-state index contributed by atoms with van der Waals surface area (Å²) in [7, 11) is 0. The monoisotopic (exact) mass is 234 g/mol. The fraction of sp³-hybridized carbons (Fsp3) is 0.500. The third kappa shape index (κ3) is 1.86. The van der Waals surface area contributed by atoms with Gasteiger partial charge in [-0.25, -0.2) is 0 Å². The Bertz CT molecular complexity index is 449. The highest BCUT2D eigenvalue weighted by Gasteiger charge is 2.41. The van der Waals surface area contributed by atoms with Crippen LogP contribution >= 0.6 is 0 Å². The molecule has 17 heavy (non-hydrogen) atoms. The number of aromatic nitrogens is 1. The summed E-state index contributed by atoms with van der Waals surface area (Å²) in [5.74, 6) is -0.347. The largest absolute Gasteiger partial charge is 0.505 e. The maximum atomic E-state index is 11.9. The van der Waals surface area contributed by atoms with E-state index in [9.17, 15) is 9.90 Å². The quantitative estimate of drug-likeness (QED) is 0.795. The highest BCUT2D eigenvalue weighted by Crippen LogP contribution is 2.34. The molecule has 3 atom stereocenters. The van der Waals surface area contributed by atoms with Crippen molar-refractivity contribution in [2.24, 2.45) is 0 Å². The molecule has 0 aliphatic carbocycles. The molecule has 2 aliphatic heterocycles. The van der Waals surface area contributed by atoms with E-state index < -0.39 is 0 Å². The molecule has 0 radical (unpaired) electrons. The number of pyridine rings is 1. The number of carbonyl (C=O) groups is 1. The van der Waals surface area contributed by atoms with E-state index in [0.717, 1.165) is 19.3 Å². The minimum Gasteiger partial charge on any atom is -0.505 e. The van der Waals surface area contributed by atoms with Gasteiger partial charge in [-0.2, -0.15) is 0 Å². The predicted molar refractivity (Wildman–Crippen MR) is 59.7 cm³/mol. The second kappa shape index (κ2) is 4.00. The molecule has 0 saturated carbocycles. The van der Waals surface area contributed by atoms with Gasteiger partial charge in [-0.3, -0.25) is 9.78 Å². The summed E-state index contributed by atoms with van der Waals surface area (Å²) in [5.41, 5.74) is 0.266. The normalized spacial score (nSPS) is 30.5. The topological polar surface area (TPSA) is 71.5 Å². The van der Waals surface area contributed by atoms with Crippen LogP contribution in [0.3, 0.4) is 0 Å². The van der Waals surface area contributed by atoms with Crippen molar-refractivity contribution in [1.82, 2.24) is 10.3 Å². The number of fused-ring (bicyclic) bond motifs is 2. The van der Waals surface area contributed by atoms with Crippen molar-refractivity contribution in [2.75, 3.05) is 0 Å². The zero-order chi connectivity index (χ0) is 11.8. The molecule has 1 aromatic rings. The van der Waals surface area contributed by atoms with Crippen molar-refractivity contribution in [3.05, 3.63) is 24.0 Å². The Labute approximate surface area is 98.8 Å². The molecule has 2 bridgehead atoms. The summed E-state index contributed by atoms with van der Waals surface area (Å²) in [6.45, 7) is 0.